The van der Waals surface area contributed by atoms with Crippen LogP contribution in [0, 0.1) is 5.92 Å². The zero-order valence-electron chi connectivity index (χ0n) is 10.8. The largest absolute Gasteiger partial charge is 0.340 e. The summed E-state index contributed by atoms with van der Waals surface area (Å²) in [6, 6.07) is 3.86. The molecule has 0 aromatic carbocycles. The Kier molecular flexibility index (Phi) is 3.41. The topological polar surface area (TPSA) is 83.7 Å². The quantitative estimate of drug-likeness (QED) is 0.859. The summed E-state index contributed by atoms with van der Waals surface area (Å²) in [6.07, 6.45) is 5.77. The van der Waals surface area contributed by atoms with Gasteiger partial charge in [-0.1, -0.05) is 0 Å². The summed E-state index contributed by atoms with van der Waals surface area (Å²) >= 11 is 0. The van der Waals surface area contributed by atoms with Crippen molar-refractivity contribution in [3.63, 3.8) is 0 Å². The molecule has 3 N–H and O–H groups in total. The van der Waals surface area contributed by atoms with Crippen LogP contribution in [0.3, 0.4) is 0 Å². The first-order valence-electron chi connectivity index (χ1n) is 6.64. The summed E-state index contributed by atoms with van der Waals surface area (Å²) in [5.74, 6) is 2.19. The SMILES string of the molecule is NCC1CCN(c2n[nH]c(-c3cccnc3)n2)CC1. The van der Waals surface area contributed by atoms with Crippen molar-refractivity contribution in [3.05, 3.63) is 24.5 Å². The molecule has 0 aliphatic carbocycles. The van der Waals surface area contributed by atoms with Crippen LogP contribution in [0.1, 0.15) is 12.8 Å². The Balaban J connectivity index is 1.72. The summed E-state index contributed by atoms with van der Waals surface area (Å²) in [6.45, 7) is 2.74. The molecule has 0 spiro atoms. The Labute approximate surface area is 112 Å². The van der Waals surface area contributed by atoms with E-state index in [0.29, 0.717) is 5.92 Å². The lowest BCUT2D eigenvalue weighted by atomic mass is 9.97. The van der Waals surface area contributed by atoms with E-state index >= 15 is 0 Å². The molecule has 3 heterocycles. The van der Waals surface area contributed by atoms with Crippen LogP contribution >= 0.6 is 0 Å². The highest BCUT2D eigenvalue weighted by Crippen LogP contribution is 2.21. The fraction of sp³-hybridized carbons (Fsp3) is 0.462. The van der Waals surface area contributed by atoms with Crippen LogP contribution in [0.5, 0.6) is 0 Å². The van der Waals surface area contributed by atoms with Gasteiger partial charge in [0.05, 0.1) is 0 Å². The number of H-pyrrole nitrogens is 1. The van der Waals surface area contributed by atoms with Crippen molar-refractivity contribution in [2.45, 2.75) is 12.8 Å². The second-order valence-electron chi connectivity index (χ2n) is 4.89. The molecular weight excluding hydrogens is 240 g/mol. The molecule has 0 saturated carbocycles. The van der Waals surface area contributed by atoms with Crippen LogP contribution in [0.15, 0.2) is 24.5 Å². The maximum absolute atomic E-state index is 5.70. The number of piperidine rings is 1. The maximum atomic E-state index is 5.70. The predicted octanol–water partition coefficient (Wildman–Crippen LogP) is 1.04. The fourth-order valence-electron chi connectivity index (χ4n) is 2.39. The molecule has 2 aromatic rings. The number of nitrogens with zero attached hydrogens (tertiary/aromatic N) is 4. The third-order valence-electron chi connectivity index (χ3n) is 3.64. The van der Waals surface area contributed by atoms with Crippen LogP contribution in [0.2, 0.25) is 0 Å². The third kappa shape index (κ3) is 2.58. The molecule has 1 aliphatic rings. The Bertz CT molecular complexity index is 515. The molecule has 1 fully saturated rings. The minimum Gasteiger partial charge on any atom is -0.340 e. The lowest BCUT2D eigenvalue weighted by Crippen LogP contribution is -2.36. The van der Waals surface area contributed by atoms with Crippen LogP contribution in [0.25, 0.3) is 11.4 Å². The highest BCUT2D eigenvalue weighted by Gasteiger charge is 2.21. The highest BCUT2D eigenvalue weighted by atomic mass is 15.4. The third-order valence-corrected chi connectivity index (χ3v) is 3.64. The van der Waals surface area contributed by atoms with Gasteiger partial charge < -0.3 is 10.6 Å². The van der Waals surface area contributed by atoms with Gasteiger partial charge in [-0.2, -0.15) is 4.98 Å². The molecule has 19 heavy (non-hydrogen) atoms. The summed E-state index contributed by atoms with van der Waals surface area (Å²) in [5, 5.41) is 7.27. The van der Waals surface area contributed by atoms with E-state index in [0.717, 1.165) is 49.8 Å². The van der Waals surface area contributed by atoms with Gasteiger partial charge in [0.25, 0.3) is 0 Å². The summed E-state index contributed by atoms with van der Waals surface area (Å²) in [4.78, 5) is 10.8. The molecule has 100 valence electrons. The number of pyridine rings is 1. The molecule has 0 unspecified atom stereocenters. The number of anilines is 1. The number of nitrogens with two attached hydrogens (primary N) is 1. The van der Waals surface area contributed by atoms with Crippen molar-refractivity contribution < 1.29 is 0 Å². The lowest BCUT2D eigenvalue weighted by Gasteiger charge is -2.30. The predicted molar refractivity (Wildman–Crippen MR) is 73.6 cm³/mol. The van der Waals surface area contributed by atoms with Gasteiger partial charge in [0, 0.05) is 31.0 Å². The van der Waals surface area contributed by atoms with Gasteiger partial charge in [0.2, 0.25) is 5.95 Å². The summed E-state index contributed by atoms with van der Waals surface area (Å²) in [7, 11) is 0. The number of nitrogens with one attached hydrogen (secondary N) is 1. The molecule has 0 radical (unpaired) electrons. The summed E-state index contributed by atoms with van der Waals surface area (Å²) < 4.78 is 0. The zero-order chi connectivity index (χ0) is 13.1. The molecule has 6 nitrogen and oxygen atoms in total. The first kappa shape index (κ1) is 12.1. The molecule has 3 rings (SSSR count). The number of hydrogen-bond donors (Lipinski definition) is 2. The molecular formula is C13H18N6. The van der Waals surface area contributed by atoms with Crippen LogP contribution in [-0.2, 0) is 0 Å². The molecule has 1 aliphatic heterocycles. The second kappa shape index (κ2) is 5.36. The van der Waals surface area contributed by atoms with Crippen LogP contribution in [-0.4, -0.2) is 39.8 Å². The van der Waals surface area contributed by atoms with E-state index in [4.69, 9.17) is 5.73 Å². The molecule has 0 bridgehead atoms. The Hall–Kier alpha value is -1.95. The molecule has 1 saturated heterocycles. The number of aromatic amines is 1. The smallest absolute Gasteiger partial charge is 0.245 e. The Morgan fingerprint density at radius 2 is 2.21 bits per heavy atom. The molecule has 0 amide bonds. The van der Waals surface area contributed by atoms with Crippen molar-refractivity contribution in [3.8, 4) is 11.4 Å². The highest BCUT2D eigenvalue weighted by molar-refractivity contribution is 5.54. The van der Waals surface area contributed by atoms with Crippen molar-refractivity contribution in [2.75, 3.05) is 24.5 Å². The first-order valence-corrected chi connectivity index (χ1v) is 6.64. The number of rotatable bonds is 3. The average molecular weight is 258 g/mol. The molecule has 0 atom stereocenters. The monoisotopic (exact) mass is 258 g/mol. The van der Waals surface area contributed by atoms with Crippen molar-refractivity contribution in [1.82, 2.24) is 20.2 Å². The van der Waals surface area contributed by atoms with Gasteiger partial charge in [-0.05, 0) is 37.4 Å². The fourth-order valence-corrected chi connectivity index (χ4v) is 2.39. The average Bonchev–Trinajstić information content (AvgIpc) is 2.98. The summed E-state index contributed by atoms with van der Waals surface area (Å²) in [5.41, 5.74) is 6.66. The lowest BCUT2D eigenvalue weighted by molar-refractivity contribution is 0.411. The second-order valence-corrected chi connectivity index (χ2v) is 4.89. The van der Waals surface area contributed by atoms with Gasteiger partial charge in [-0.15, -0.1) is 5.10 Å². The van der Waals surface area contributed by atoms with Crippen LogP contribution < -0.4 is 10.6 Å². The first-order chi connectivity index (χ1) is 9.36. The maximum Gasteiger partial charge on any atom is 0.245 e. The molecule has 2 aromatic heterocycles. The van der Waals surface area contributed by atoms with E-state index in [1.54, 1.807) is 12.4 Å². The van der Waals surface area contributed by atoms with Crippen molar-refractivity contribution in [2.24, 2.45) is 11.7 Å². The standard InChI is InChI=1S/C13H18N6/c14-8-10-3-6-19(7-4-10)13-16-12(17-18-13)11-2-1-5-15-9-11/h1-2,5,9-10H,3-4,6-8,14H2,(H,16,17,18). The van der Waals surface area contributed by atoms with Crippen molar-refractivity contribution >= 4 is 5.95 Å². The Morgan fingerprint density at radius 1 is 1.37 bits per heavy atom. The van der Waals surface area contributed by atoms with E-state index in [1.807, 2.05) is 12.1 Å². The Morgan fingerprint density at radius 3 is 2.89 bits per heavy atom. The number of hydrogen-bond acceptors (Lipinski definition) is 5. The minimum atomic E-state index is 0.646. The van der Waals surface area contributed by atoms with Crippen LogP contribution in [0.4, 0.5) is 5.95 Å². The van der Waals surface area contributed by atoms with Gasteiger partial charge in [-0.25, -0.2) is 0 Å². The van der Waals surface area contributed by atoms with E-state index in [-0.39, 0.29) is 0 Å². The van der Waals surface area contributed by atoms with E-state index in [2.05, 4.69) is 25.1 Å². The molecule has 6 heteroatoms. The van der Waals surface area contributed by atoms with E-state index < -0.39 is 0 Å². The van der Waals surface area contributed by atoms with E-state index in [1.165, 1.54) is 0 Å². The van der Waals surface area contributed by atoms with Gasteiger partial charge in [0.15, 0.2) is 5.82 Å². The number of aromatic nitrogens is 4. The van der Waals surface area contributed by atoms with Gasteiger partial charge in [0.1, 0.15) is 0 Å². The normalized spacial score (nSPS) is 16.8. The minimum absolute atomic E-state index is 0.646. The van der Waals surface area contributed by atoms with Crippen molar-refractivity contribution in [1.29, 1.82) is 0 Å². The van der Waals surface area contributed by atoms with Gasteiger partial charge >= 0.3 is 0 Å². The zero-order valence-corrected chi connectivity index (χ0v) is 10.8. The van der Waals surface area contributed by atoms with E-state index in [9.17, 15) is 0 Å². The van der Waals surface area contributed by atoms with Gasteiger partial charge in [-0.3, -0.25) is 10.1 Å².